The zero-order valence-corrected chi connectivity index (χ0v) is 28.1. The lowest BCUT2D eigenvalue weighted by atomic mass is 9.82. The molecule has 5 atom stereocenters. The number of aliphatic hydroxyl groups is 1. The summed E-state index contributed by atoms with van der Waals surface area (Å²) in [5.41, 5.74) is -0.410. The van der Waals surface area contributed by atoms with Crippen LogP contribution in [-0.2, 0) is 26.5 Å². The van der Waals surface area contributed by atoms with Gasteiger partial charge in [-0.2, -0.15) is 0 Å². The van der Waals surface area contributed by atoms with E-state index in [1.54, 1.807) is 60.4 Å². The van der Waals surface area contributed by atoms with Gasteiger partial charge in [-0.1, -0.05) is 37.3 Å². The van der Waals surface area contributed by atoms with Gasteiger partial charge in [0.05, 0.1) is 42.3 Å². The number of hydrogen-bond acceptors (Lipinski definition) is 7. The summed E-state index contributed by atoms with van der Waals surface area (Å²) in [6.07, 6.45) is 0.292. The van der Waals surface area contributed by atoms with Gasteiger partial charge in [-0.15, -0.1) is 0 Å². The smallest absolute Gasteiger partial charge is 0.269 e. The molecule has 2 N–H and O–H groups in total. The molecule has 0 unspecified atom stereocenters. The van der Waals surface area contributed by atoms with Crippen molar-refractivity contribution in [3.05, 3.63) is 99.6 Å². The summed E-state index contributed by atoms with van der Waals surface area (Å²) in [6, 6.07) is 19.6. The van der Waals surface area contributed by atoms with Crippen molar-refractivity contribution in [2.75, 3.05) is 23.4 Å². The summed E-state index contributed by atoms with van der Waals surface area (Å²) in [5.74, 6) is -1.81. The van der Waals surface area contributed by atoms with Crippen LogP contribution >= 0.6 is 0 Å². The van der Waals surface area contributed by atoms with Gasteiger partial charge in [0, 0.05) is 47.0 Å². The second-order valence-corrected chi connectivity index (χ2v) is 17.2. The first-order valence-corrected chi connectivity index (χ1v) is 19.1. The largest absolute Gasteiger partial charge is 0.394 e. The summed E-state index contributed by atoms with van der Waals surface area (Å²) in [7, 11) is -3.60. The molecule has 252 valence electrons. The van der Waals surface area contributed by atoms with Gasteiger partial charge >= 0.3 is 0 Å². The molecule has 0 bridgehead atoms. The highest BCUT2D eigenvalue weighted by Gasteiger charge is 2.67. The monoisotopic (exact) mass is 674 g/mol. The Bertz CT molecular complexity index is 1750. The fraction of sp³-hybridized carbons (Fsp3) is 0.400. The van der Waals surface area contributed by atoms with Gasteiger partial charge in [0.1, 0.15) is 0 Å². The number of benzene rings is 3. The third-order valence-corrected chi connectivity index (χ3v) is 12.5. The molecule has 3 aliphatic heterocycles. The van der Waals surface area contributed by atoms with Gasteiger partial charge in [0.25, 0.3) is 17.5 Å². The molecule has 3 aliphatic rings. The fourth-order valence-corrected chi connectivity index (χ4v) is 10.4. The number of carbonyl (C=O) groups excluding carboxylic acids is 3. The average Bonchev–Trinajstić information content (AvgIpc) is 3.72. The molecule has 11 nitrogen and oxygen atoms in total. The molecular weight excluding hydrogens is 635 g/mol. The molecule has 1 spiro atoms. The van der Waals surface area contributed by atoms with E-state index in [1.807, 2.05) is 6.07 Å². The first-order chi connectivity index (χ1) is 22.8. The minimum Gasteiger partial charge on any atom is -0.394 e. The summed E-state index contributed by atoms with van der Waals surface area (Å²) in [6.45, 7) is 5.15. The Hall–Kier alpha value is -4.46. The Morgan fingerprint density at radius 3 is 2.56 bits per heavy atom. The number of rotatable bonds is 9. The van der Waals surface area contributed by atoms with Crippen molar-refractivity contribution in [2.45, 2.75) is 69.1 Å². The minimum absolute atomic E-state index is 0.0488. The van der Waals surface area contributed by atoms with Crippen LogP contribution in [0.4, 0.5) is 21.2 Å². The standard InChI is InChI=1S/C35H39FN4O7Si/c1-22-32(48(2,3)36)30(19-31(42)38-16-8-13-27(38)21-41)47-35(22)28-18-26(40(45)46)14-15-29(28)39(34(35)44)20-23-9-7-12-25(17-23)37-33(43)24-10-5-4-6-11-24/h4-7,9-12,14-15,17-18,22,27,30,32,41H,8,13,16,19-21H2,1-3H3,(H,37,43)/t22-,27-,30+,32-,35+/m0/s1. The van der Waals surface area contributed by atoms with E-state index in [2.05, 4.69) is 5.32 Å². The number of nitrogens with one attached hydrogen (secondary N) is 1. The van der Waals surface area contributed by atoms with Crippen LogP contribution < -0.4 is 10.2 Å². The van der Waals surface area contributed by atoms with E-state index in [-0.39, 0.29) is 48.7 Å². The quantitative estimate of drug-likeness (QED) is 0.131. The van der Waals surface area contributed by atoms with Gasteiger partial charge in [-0.05, 0) is 61.8 Å². The highest BCUT2D eigenvalue weighted by Crippen LogP contribution is 2.60. The van der Waals surface area contributed by atoms with E-state index in [0.717, 1.165) is 6.42 Å². The fourth-order valence-electron chi connectivity index (χ4n) is 7.87. The van der Waals surface area contributed by atoms with Crippen molar-refractivity contribution < 1.29 is 33.3 Å². The molecule has 3 heterocycles. The van der Waals surface area contributed by atoms with Crippen LogP contribution in [0.15, 0.2) is 72.8 Å². The Kier molecular flexibility index (Phi) is 8.96. The summed E-state index contributed by atoms with van der Waals surface area (Å²) < 4.78 is 22.9. The first-order valence-electron chi connectivity index (χ1n) is 16.2. The summed E-state index contributed by atoms with van der Waals surface area (Å²) in [4.78, 5) is 55.5. The zero-order chi connectivity index (χ0) is 34.4. The molecule has 48 heavy (non-hydrogen) atoms. The van der Waals surface area contributed by atoms with E-state index in [1.165, 1.54) is 36.2 Å². The number of nitro groups is 1. The lowest BCUT2D eigenvalue weighted by Crippen LogP contribution is -2.45. The molecule has 2 fully saturated rings. The zero-order valence-electron chi connectivity index (χ0n) is 27.1. The summed E-state index contributed by atoms with van der Waals surface area (Å²) in [5, 5.41) is 24.6. The number of nitrogens with zero attached hydrogens (tertiary/aromatic N) is 3. The molecular formula is C35H39FN4O7Si. The first kappa shape index (κ1) is 33.4. The average molecular weight is 675 g/mol. The SMILES string of the molecule is C[C@H]1[C@H]([Si](C)(C)F)[C@@H](CC(=O)N2CCC[C@H]2CO)O[C@]12C(=O)N(Cc1cccc(NC(=O)c3ccccc3)c1)c1ccc([N+](=O)[O-])cc12. The number of likely N-dealkylation sites (tertiary alicyclic amines) is 1. The number of fused-ring (bicyclic) bond motifs is 2. The predicted molar refractivity (Wildman–Crippen MR) is 180 cm³/mol. The summed E-state index contributed by atoms with van der Waals surface area (Å²) >= 11 is 0. The number of ether oxygens (including phenoxy) is 1. The third-order valence-electron chi connectivity index (χ3n) is 10.0. The van der Waals surface area contributed by atoms with Crippen molar-refractivity contribution in [1.82, 2.24) is 4.90 Å². The molecule has 2 saturated heterocycles. The normalized spacial score (nSPS) is 25.1. The number of carbonyl (C=O) groups is 3. The van der Waals surface area contributed by atoms with Crippen LogP contribution in [0.3, 0.4) is 0 Å². The van der Waals surface area contributed by atoms with Gasteiger partial charge < -0.3 is 29.1 Å². The van der Waals surface area contributed by atoms with Gasteiger partial charge in [0.15, 0.2) is 5.60 Å². The van der Waals surface area contributed by atoms with E-state index < -0.39 is 42.4 Å². The van der Waals surface area contributed by atoms with Crippen molar-refractivity contribution in [1.29, 1.82) is 0 Å². The number of amides is 3. The lowest BCUT2D eigenvalue weighted by Gasteiger charge is -2.31. The third kappa shape index (κ3) is 5.90. The Morgan fingerprint density at radius 2 is 1.88 bits per heavy atom. The van der Waals surface area contributed by atoms with E-state index in [9.17, 15) is 29.6 Å². The second-order valence-electron chi connectivity index (χ2n) is 13.4. The van der Waals surface area contributed by atoms with Gasteiger partial charge in [0.2, 0.25) is 14.3 Å². The molecule has 13 heteroatoms. The molecule has 0 saturated carbocycles. The van der Waals surface area contributed by atoms with E-state index >= 15 is 4.11 Å². The molecule has 0 aliphatic carbocycles. The maximum absolute atomic E-state index is 16.3. The molecule has 3 amide bonds. The topological polar surface area (TPSA) is 142 Å². The molecule has 3 aromatic carbocycles. The van der Waals surface area contributed by atoms with Crippen LogP contribution in [0, 0.1) is 16.0 Å². The van der Waals surface area contributed by atoms with Crippen molar-refractivity contribution >= 4 is 43.2 Å². The number of hydrogen-bond donors (Lipinski definition) is 2. The van der Waals surface area contributed by atoms with Crippen LogP contribution in [0.25, 0.3) is 0 Å². The van der Waals surface area contributed by atoms with Crippen LogP contribution in [0.5, 0.6) is 0 Å². The molecule has 3 aromatic rings. The number of aliphatic hydroxyl groups excluding tert-OH is 1. The Balaban J connectivity index is 1.35. The maximum atomic E-state index is 16.3. The number of nitro benzene ring substituents is 1. The van der Waals surface area contributed by atoms with Crippen LogP contribution in [-0.4, -0.2) is 66.4 Å². The van der Waals surface area contributed by atoms with Crippen LogP contribution in [0.2, 0.25) is 18.6 Å². The van der Waals surface area contributed by atoms with Crippen LogP contribution in [0.1, 0.15) is 47.7 Å². The number of anilines is 2. The number of halogens is 1. The Labute approximate surface area is 279 Å². The van der Waals surface area contributed by atoms with Crippen molar-refractivity contribution in [2.24, 2.45) is 5.92 Å². The van der Waals surface area contributed by atoms with Gasteiger partial charge in [-0.25, -0.2) is 0 Å². The van der Waals surface area contributed by atoms with Crippen molar-refractivity contribution in [3.63, 3.8) is 0 Å². The van der Waals surface area contributed by atoms with Crippen molar-refractivity contribution in [3.8, 4) is 0 Å². The van der Waals surface area contributed by atoms with E-state index in [0.29, 0.717) is 35.5 Å². The number of non-ortho nitro benzene ring substituents is 1. The maximum Gasteiger partial charge on any atom is 0.269 e. The van der Waals surface area contributed by atoms with E-state index in [4.69, 9.17) is 4.74 Å². The molecule has 0 radical (unpaired) electrons. The highest BCUT2D eigenvalue weighted by molar-refractivity contribution is 6.72. The lowest BCUT2D eigenvalue weighted by molar-refractivity contribution is -0.385. The van der Waals surface area contributed by atoms with Gasteiger partial charge in [-0.3, -0.25) is 24.5 Å². The minimum atomic E-state index is -3.60. The highest BCUT2D eigenvalue weighted by atomic mass is 28.4. The second kappa shape index (κ2) is 12.9. The molecule has 0 aromatic heterocycles. The Morgan fingerprint density at radius 1 is 1.12 bits per heavy atom. The molecule has 6 rings (SSSR count). The predicted octanol–water partition coefficient (Wildman–Crippen LogP) is 5.54.